The molecular formula is C15H12F2O3S. The zero-order valence-electron chi connectivity index (χ0n) is 11.1. The number of halogens is 2. The van der Waals surface area contributed by atoms with Crippen LogP contribution in [0.4, 0.5) is 8.78 Å². The van der Waals surface area contributed by atoms with Crippen LogP contribution >= 0.6 is 11.8 Å². The number of benzene rings is 2. The quantitative estimate of drug-likeness (QED) is 0.822. The summed E-state index contributed by atoms with van der Waals surface area (Å²) in [5.41, 5.74) is -0.0342. The number of aromatic carboxylic acids is 1. The van der Waals surface area contributed by atoms with Crippen LogP contribution in [0.25, 0.3) is 0 Å². The topological polar surface area (TPSA) is 46.5 Å². The monoisotopic (exact) mass is 310 g/mol. The molecule has 0 amide bonds. The van der Waals surface area contributed by atoms with E-state index in [1.54, 1.807) is 12.1 Å². The van der Waals surface area contributed by atoms with Gasteiger partial charge < -0.3 is 9.84 Å². The second-order valence-electron chi connectivity index (χ2n) is 4.04. The number of hydrogen-bond donors (Lipinski definition) is 1. The molecule has 0 radical (unpaired) electrons. The van der Waals surface area contributed by atoms with Gasteiger partial charge in [0, 0.05) is 11.0 Å². The molecule has 2 aromatic carbocycles. The number of ether oxygens (including phenoxy) is 1. The van der Waals surface area contributed by atoms with Crippen molar-refractivity contribution in [3.05, 3.63) is 53.6 Å². The van der Waals surface area contributed by atoms with Crippen LogP contribution in [0, 0.1) is 11.6 Å². The molecule has 6 heteroatoms. The van der Waals surface area contributed by atoms with Crippen LogP contribution in [0.15, 0.2) is 41.3 Å². The van der Waals surface area contributed by atoms with Crippen LogP contribution in [-0.2, 0) is 0 Å². The van der Waals surface area contributed by atoms with E-state index in [9.17, 15) is 18.7 Å². The standard InChI is InChI=1S/C15H12F2O3S/c1-2-21-13-5-3-4-12(14(13)15(18)19)20-11-7-6-9(16)8-10(11)17/h3-8H,2H2,1H3,(H,18,19). The Labute approximate surface area is 124 Å². The summed E-state index contributed by atoms with van der Waals surface area (Å²) in [4.78, 5) is 11.9. The summed E-state index contributed by atoms with van der Waals surface area (Å²) in [5, 5.41) is 9.32. The summed E-state index contributed by atoms with van der Waals surface area (Å²) in [5.74, 6) is -2.30. The normalized spacial score (nSPS) is 10.4. The van der Waals surface area contributed by atoms with Gasteiger partial charge in [-0.3, -0.25) is 0 Å². The van der Waals surface area contributed by atoms with Gasteiger partial charge in [0.25, 0.3) is 0 Å². The van der Waals surface area contributed by atoms with Gasteiger partial charge in [-0.15, -0.1) is 11.8 Å². The Bertz CT molecular complexity index is 674. The predicted octanol–water partition coefficient (Wildman–Crippen LogP) is 4.57. The van der Waals surface area contributed by atoms with Gasteiger partial charge in [-0.05, 0) is 30.0 Å². The van der Waals surface area contributed by atoms with Crippen LogP contribution in [0.2, 0.25) is 0 Å². The third kappa shape index (κ3) is 3.52. The smallest absolute Gasteiger partial charge is 0.340 e. The van der Waals surface area contributed by atoms with E-state index in [0.717, 1.165) is 12.1 Å². The van der Waals surface area contributed by atoms with Crippen molar-refractivity contribution in [3.63, 3.8) is 0 Å². The SMILES string of the molecule is CCSc1cccc(Oc2ccc(F)cc2F)c1C(=O)O. The maximum absolute atomic E-state index is 13.6. The highest BCUT2D eigenvalue weighted by molar-refractivity contribution is 7.99. The van der Waals surface area contributed by atoms with Crippen molar-refractivity contribution in [2.75, 3.05) is 5.75 Å². The van der Waals surface area contributed by atoms with Crippen LogP contribution in [0.3, 0.4) is 0 Å². The molecule has 3 nitrogen and oxygen atoms in total. The second-order valence-corrected chi connectivity index (χ2v) is 5.35. The van der Waals surface area contributed by atoms with Gasteiger partial charge >= 0.3 is 5.97 Å². The molecule has 0 heterocycles. The summed E-state index contributed by atoms with van der Waals surface area (Å²) in [6.45, 7) is 1.89. The van der Waals surface area contributed by atoms with Gasteiger partial charge in [0.05, 0.1) is 0 Å². The lowest BCUT2D eigenvalue weighted by Gasteiger charge is -2.12. The molecule has 0 fully saturated rings. The van der Waals surface area contributed by atoms with Crippen molar-refractivity contribution in [1.29, 1.82) is 0 Å². The summed E-state index contributed by atoms with van der Waals surface area (Å²) in [6.07, 6.45) is 0. The van der Waals surface area contributed by atoms with Crippen molar-refractivity contribution in [1.82, 2.24) is 0 Å². The maximum atomic E-state index is 13.6. The first-order valence-electron chi connectivity index (χ1n) is 6.15. The first-order chi connectivity index (χ1) is 10.0. The van der Waals surface area contributed by atoms with Gasteiger partial charge in [0.2, 0.25) is 0 Å². The highest BCUT2D eigenvalue weighted by atomic mass is 32.2. The van der Waals surface area contributed by atoms with Gasteiger partial charge in [-0.25, -0.2) is 13.6 Å². The predicted molar refractivity (Wildman–Crippen MR) is 76.2 cm³/mol. The molecule has 0 unspecified atom stereocenters. The third-order valence-corrected chi connectivity index (χ3v) is 3.56. The molecular weight excluding hydrogens is 298 g/mol. The fraction of sp³-hybridized carbons (Fsp3) is 0.133. The second kappa shape index (κ2) is 6.58. The number of thioether (sulfide) groups is 1. The number of carbonyl (C=O) groups is 1. The van der Waals surface area contributed by atoms with Gasteiger partial charge in [0.1, 0.15) is 17.1 Å². The summed E-state index contributed by atoms with van der Waals surface area (Å²) in [7, 11) is 0. The van der Waals surface area contributed by atoms with E-state index < -0.39 is 17.6 Å². The molecule has 0 aliphatic heterocycles. The van der Waals surface area contributed by atoms with Crippen molar-refractivity contribution in [2.45, 2.75) is 11.8 Å². The fourth-order valence-electron chi connectivity index (χ4n) is 1.76. The zero-order chi connectivity index (χ0) is 15.4. The minimum atomic E-state index is -1.16. The molecule has 0 saturated heterocycles. The highest BCUT2D eigenvalue weighted by Gasteiger charge is 2.18. The van der Waals surface area contributed by atoms with E-state index in [-0.39, 0.29) is 17.1 Å². The van der Waals surface area contributed by atoms with E-state index >= 15 is 0 Å². The molecule has 110 valence electrons. The summed E-state index contributed by atoms with van der Waals surface area (Å²) in [6, 6.07) is 7.57. The number of hydrogen-bond acceptors (Lipinski definition) is 3. The minimum Gasteiger partial charge on any atom is -0.478 e. The number of rotatable bonds is 5. The molecule has 21 heavy (non-hydrogen) atoms. The first-order valence-corrected chi connectivity index (χ1v) is 7.13. The van der Waals surface area contributed by atoms with E-state index in [2.05, 4.69) is 0 Å². The van der Waals surface area contributed by atoms with Crippen molar-refractivity contribution in [3.8, 4) is 11.5 Å². The van der Waals surface area contributed by atoms with E-state index in [1.807, 2.05) is 6.92 Å². The average molecular weight is 310 g/mol. The molecule has 0 aliphatic carbocycles. The van der Waals surface area contributed by atoms with Crippen LogP contribution in [-0.4, -0.2) is 16.8 Å². The zero-order valence-corrected chi connectivity index (χ0v) is 11.9. The molecule has 0 bridgehead atoms. The highest BCUT2D eigenvalue weighted by Crippen LogP contribution is 2.34. The van der Waals surface area contributed by atoms with Gasteiger partial charge in [-0.1, -0.05) is 13.0 Å². The Hall–Kier alpha value is -2.08. The van der Waals surface area contributed by atoms with Crippen LogP contribution < -0.4 is 4.74 Å². The Morgan fingerprint density at radius 1 is 1.24 bits per heavy atom. The van der Waals surface area contributed by atoms with Crippen molar-refractivity contribution >= 4 is 17.7 Å². The lowest BCUT2D eigenvalue weighted by Crippen LogP contribution is -2.03. The molecule has 0 saturated carbocycles. The van der Waals surface area contributed by atoms with E-state index in [4.69, 9.17) is 4.74 Å². The Kier molecular flexibility index (Phi) is 4.80. The summed E-state index contributed by atoms with van der Waals surface area (Å²) >= 11 is 1.35. The maximum Gasteiger partial charge on any atom is 0.340 e. The molecule has 1 N–H and O–H groups in total. The molecule has 0 spiro atoms. The van der Waals surface area contributed by atoms with Crippen LogP contribution in [0.5, 0.6) is 11.5 Å². The van der Waals surface area contributed by atoms with Crippen LogP contribution in [0.1, 0.15) is 17.3 Å². The lowest BCUT2D eigenvalue weighted by atomic mass is 10.2. The molecule has 0 aromatic heterocycles. The first kappa shape index (κ1) is 15.3. The van der Waals surface area contributed by atoms with Gasteiger partial charge in [-0.2, -0.15) is 0 Å². The molecule has 0 atom stereocenters. The molecule has 2 rings (SSSR count). The van der Waals surface area contributed by atoms with Crippen molar-refractivity contribution in [2.24, 2.45) is 0 Å². The molecule has 0 aliphatic rings. The Morgan fingerprint density at radius 3 is 2.62 bits per heavy atom. The lowest BCUT2D eigenvalue weighted by molar-refractivity contribution is 0.0690. The Balaban J connectivity index is 2.43. The summed E-state index contributed by atoms with van der Waals surface area (Å²) < 4.78 is 31.8. The minimum absolute atomic E-state index is 0.0199. The largest absolute Gasteiger partial charge is 0.478 e. The van der Waals surface area contributed by atoms with Gasteiger partial charge in [0.15, 0.2) is 11.6 Å². The number of carboxylic acid groups (broad SMARTS) is 1. The Morgan fingerprint density at radius 2 is 2.00 bits per heavy atom. The average Bonchev–Trinajstić information content (AvgIpc) is 2.42. The van der Waals surface area contributed by atoms with E-state index in [1.165, 1.54) is 17.8 Å². The fourth-order valence-corrected chi connectivity index (χ4v) is 2.58. The molecule has 2 aromatic rings. The van der Waals surface area contributed by atoms with E-state index in [0.29, 0.717) is 16.7 Å². The third-order valence-electron chi connectivity index (χ3n) is 2.62. The van der Waals surface area contributed by atoms with Crippen molar-refractivity contribution < 1.29 is 23.4 Å². The number of carboxylic acids is 1.